The van der Waals surface area contributed by atoms with Crippen molar-refractivity contribution in [3.05, 3.63) is 35.1 Å². The third-order valence-electron chi connectivity index (χ3n) is 3.64. The zero-order valence-electron chi connectivity index (χ0n) is 13.3. The molecule has 1 N–H and O–H groups in total. The molecule has 0 radical (unpaired) electrons. The first-order valence-corrected chi connectivity index (χ1v) is 8.38. The molecule has 1 atom stereocenters. The summed E-state index contributed by atoms with van der Waals surface area (Å²) in [7, 11) is 0. The van der Waals surface area contributed by atoms with E-state index >= 15 is 0 Å². The molecule has 1 aliphatic rings. The van der Waals surface area contributed by atoms with Gasteiger partial charge in [-0.1, -0.05) is 0 Å². The minimum atomic E-state index is -0.703. The van der Waals surface area contributed by atoms with Crippen molar-refractivity contribution in [1.82, 2.24) is 10.3 Å². The molecule has 3 rings (SSSR count). The van der Waals surface area contributed by atoms with E-state index < -0.39 is 24.7 Å². The van der Waals surface area contributed by atoms with Gasteiger partial charge in [0.05, 0.1) is 24.5 Å². The van der Waals surface area contributed by atoms with Crippen LogP contribution in [0.2, 0.25) is 0 Å². The van der Waals surface area contributed by atoms with E-state index in [0.717, 1.165) is 11.3 Å². The summed E-state index contributed by atoms with van der Waals surface area (Å²) in [6, 6.07) is 4.30. The molecule has 0 saturated carbocycles. The number of cyclic esters (lactones) is 1. The third kappa shape index (κ3) is 3.76. The Morgan fingerprint density at radius 3 is 2.96 bits per heavy atom. The van der Waals surface area contributed by atoms with Crippen LogP contribution in [0, 0.1) is 5.82 Å². The second kappa shape index (κ2) is 7.14. The maximum absolute atomic E-state index is 14.4. The molecule has 6 nitrogen and oxygen atoms in total. The van der Waals surface area contributed by atoms with Gasteiger partial charge < -0.3 is 10.1 Å². The molecule has 0 bridgehead atoms. The van der Waals surface area contributed by atoms with Crippen molar-refractivity contribution in [1.29, 1.82) is 0 Å². The monoisotopic (exact) mass is 367 g/mol. The summed E-state index contributed by atoms with van der Waals surface area (Å²) in [5.41, 5.74) is 0.849. The zero-order chi connectivity index (χ0) is 18.0. The minimum absolute atomic E-state index is 0.198. The predicted octanol–water partition coefficient (Wildman–Crippen LogP) is 2.88. The summed E-state index contributed by atoms with van der Waals surface area (Å²) < 4.78 is 32.1. The normalized spacial score (nSPS) is 16.8. The van der Waals surface area contributed by atoms with Crippen LogP contribution in [-0.4, -0.2) is 36.2 Å². The lowest BCUT2D eigenvalue weighted by molar-refractivity contribution is -0.119. The summed E-state index contributed by atoms with van der Waals surface area (Å²) in [4.78, 5) is 28.2. The van der Waals surface area contributed by atoms with E-state index in [1.54, 1.807) is 6.07 Å². The number of nitrogens with one attached hydrogen (secondary N) is 1. The maximum Gasteiger partial charge on any atom is 0.414 e. The van der Waals surface area contributed by atoms with Crippen molar-refractivity contribution in [2.75, 3.05) is 18.0 Å². The van der Waals surface area contributed by atoms with Crippen molar-refractivity contribution in [3.63, 3.8) is 0 Å². The highest BCUT2D eigenvalue weighted by atomic mass is 32.1. The Labute approximate surface area is 146 Å². The van der Waals surface area contributed by atoms with Crippen molar-refractivity contribution in [2.45, 2.75) is 19.7 Å². The van der Waals surface area contributed by atoms with Crippen LogP contribution in [0.1, 0.15) is 12.6 Å². The Bertz CT molecular complexity index is 812. The average Bonchev–Trinajstić information content (AvgIpc) is 3.19. The first-order chi connectivity index (χ1) is 12.0. The lowest BCUT2D eigenvalue weighted by atomic mass is 10.2. The molecule has 1 unspecified atom stereocenters. The van der Waals surface area contributed by atoms with E-state index in [1.165, 1.54) is 29.3 Å². The largest absolute Gasteiger partial charge is 0.442 e. The number of anilines is 1. The van der Waals surface area contributed by atoms with Crippen LogP contribution >= 0.6 is 11.3 Å². The van der Waals surface area contributed by atoms with Gasteiger partial charge in [0.15, 0.2) is 0 Å². The van der Waals surface area contributed by atoms with E-state index in [-0.39, 0.29) is 30.3 Å². The molecular formula is C16H15F2N3O3S. The second-order valence-corrected chi connectivity index (χ2v) is 6.35. The standard InChI is InChI=1S/C16H15F2N3O3S/c1-9(22)19-6-12-7-21(16(23)24-12)11-2-3-13(14(18)4-11)15-20-10(5-17)8-25-15/h2-4,8,12H,5-7H2,1H3,(H,19,22). The summed E-state index contributed by atoms with van der Waals surface area (Å²) in [5.74, 6) is -0.781. The van der Waals surface area contributed by atoms with Crippen LogP contribution in [0.25, 0.3) is 10.6 Å². The van der Waals surface area contributed by atoms with Crippen molar-refractivity contribution < 1.29 is 23.1 Å². The number of thiazole rings is 1. The Hall–Kier alpha value is -2.55. The molecule has 1 aromatic heterocycles. The highest BCUT2D eigenvalue weighted by molar-refractivity contribution is 7.13. The molecule has 132 valence electrons. The van der Waals surface area contributed by atoms with Gasteiger partial charge in [-0.05, 0) is 18.2 Å². The maximum atomic E-state index is 14.4. The van der Waals surface area contributed by atoms with Crippen molar-refractivity contribution in [3.8, 4) is 10.6 Å². The Kier molecular flexibility index (Phi) is 4.93. The minimum Gasteiger partial charge on any atom is -0.442 e. The van der Waals surface area contributed by atoms with Gasteiger partial charge in [0.2, 0.25) is 5.91 Å². The molecule has 1 fully saturated rings. The number of nitrogens with zero attached hydrogens (tertiary/aromatic N) is 2. The molecule has 9 heteroatoms. The van der Waals surface area contributed by atoms with Crippen molar-refractivity contribution in [2.24, 2.45) is 0 Å². The molecule has 2 aromatic rings. The van der Waals surface area contributed by atoms with Gasteiger partial charge in [0, 0.05) is 17.9 Å². The summed E-state index contributed by atoms with van der Waals surface area (Å²) >= 11 is 1.15. The molecular weight excluding hydrogens is 352 g/mol. The van der Waals surface area contributed by atoms with E-state index in [2.05, 4.69) is 10.3 Å². The lowest BCUT2D eigenvalue weighted by Gasteiger charge is -2.14. The Morgan fingerprint density at radius 1 is 1.52 bits per heavy atom. The Balaban J connectivity index is 1.76. The van der Waals surface area contributed by atoms with Crippen LogP contribution in [-0.2, 0) is 16.2 Å². The quantitative estimate of drug-likeness (QED) is 0.882. The van der Waals surface area contributed by atoms with Crippen molar-refractivity contribution >= 4 is 29.0 Å². The fourth-order valence-electron chi connectivity index (χ4n) is 2.43. The van der Waals surface area contributed by atoms with Crippen LogP contribution < -0.4 is 10.2 Å². The smallest absolute Gasteiger partial charge is 0.414 e. The van der Waals surface area contributed by atoms with Crippen LogP contribution in [0.4, 0.5) is 19.3 Å². The number of amides is 2. The number of hydrogen-bond donors (Lipinski definition) is 1. The molecule has 2 amide bonds. The number of aromatic nitrogens is 1. The highest BCUT2D eigenvalue weighted by Gasteiger charge is 2.32. The van der Waals surface area contributed by atoms with E-state index in [1.807, 2.05) is 0 Å². The summed E-state index contributed by atoms with van der Waals surface area (Å²) in [6.45, 7) is 1.07. The van der Waals surface area contributed by atoms with E-state index in [9.17, 15) is 18.4 Å². The van der Waals surface area contributed by atoms with Crippen LogP contribution in [0.5, 0.6) is 0 Å². The third-order valence-corrected chi connectivity index (χ3v) is 4.56. The SMILES string of the molecule is CC(=O)NCC1CN(c2ccc(-c3nc(CF)cs3)c(F)c2)C(=O)O1. The van der Waals surface area contributed by atoms with Crippen LogP contribution in [0.15, 0.2) is 23.6 Å². The first-order valence-electron chi connectivity index (χ1n) is 7.51. The highest BCUT2D eigenvalue weighted by Crippen LogP contribution is 2.31. The number of rotatable bonds is 5. The van der Waals surface area contributed by atoms with Crippen LogP contribution in [0.3, 0.4) is 0 Å². The average molecular weight is 367 g/mol. The van der Waals surface area contributed by atoms with Gasteiger partial charge in [-0.25, -0.2) is 18.6 Å². The molecule has 2 heterocycles. The number of carbonyl (C=O) groups excluding carboxylic acids is 2. The second-order valence-electron chi connectivity index (χ2n) is 5.50. The molecule has 0 aliphatic carbocycles. The summed E-state index contributed by atoms with van der Waals surface area (Å²) in [6.07, 6.45) is -1.10. The number of ether oxygens (including phenoxy) is 1. The van der Waals surface area contributed by atoms with Gasteiger partial charge in [0.1, 0.15) is 23.6 Å². The zero-order valence-corrected chi connectivity index (χ0v) is 14.1. The molecule has 1 aliphatic heterocycles. The number of hydrogen-bond acceptors (Lipinski definition) is 5. The molecule has 25 heavy (non-hydrogen) atoms. The van der Waals surface area contributed by atoms with Gasteiger partial charge >= 0.3 is 6.09 Å². The van der Waals surface area contributed by atoms with Gasteiger partial charge in [-0.15, -0.1) is 11.3 Å². The fraction of sp³-hybridized carbons (Fsp3) is 0.312. The van der Waals surface area contributed by atoms with Gasteiger partial charge in [0.25, 0.3) is 0 Å². The molecule has 1 aromatic carbocycles. The first kappa shape index (κ1) is 17.3. The number of benzene rings is 1. The molecule has 1 saturated heterocycles. The predicted molar refractivity (Wildman–Crippen MR) is 88.6 cm³/mol. The van der Waals surface area contributed by atoms with Gasteiger partial charge in [-0.3, -0.25) is 9.69 Å². The lowest BCUT2D eigenvalue weighted by Crippen LogP contribution is -2.33. The Morgan fingerprint density at radius 2 is 2.32 bits per heavy atom. The fourth-order valence-corrected chi connectivity index (χ4v) is 3.26. The summed E-state index contributed by atoms with van der Waals surface area (Å²) in [5, 5.41) is 4.49. The number of carbonyl (C=O) groups is 2. The number of halogens is 2. The number of alkyl halides is 1. The van der Waals surface area contributed by atoms with Gasteiger partial charge in [-0.2, -0.15) is 0 Å². The topological polar surface area (TPSA) is 71.5 Å². The molecule has 0 spiro atoms. The van der Waals surface area contributed by atoms with E-state index in [4.69, 9.17) is 4.74 Å². The van der Waals surface area contributed by atoms with E-state index in [0.29, 0.717) is 10.7 Å².